The fourth-order valence-electron chi connectivity index (χ4n) is 1.40. The molecule has 0 unspecified atom stereocenters. The summed E-state index contributed by atoms with van der Waals surface area (Å²) in [5.41, 5.74) is 1.65. The van der Waals surface area contributed by atoms with Crippen LogP contribution in [0.4, 0.5) is 0 Å². The summed E-state index contributed by atoms with van der Waals surface area (Å²) in [6, 6.07) is 22.0. The third-order valence-electron chi connectivity index (χ3n) is 2.26. The first-order valence-corrected chi connectivity index (χ1v) is 6.15. The fraction of sp³-hybridized carbons (Fsp3) is 0. The number of benzene rings is 2. The fourth-order valence-corrected chi connectivity index (χ4v) is 2.16. The van der Waals surface area contributed by atoms with Gasteiger partial charge in [0.25, 0.3) is 0 Å². The van der Waals surface area contributed by atoms with Crippen molar-refractivity contribution in [3.63, 3.8) is 0 Å². The number of rotatable bonds is 3. The van der Waals surface area contributed by atoms with Gasteiger partial charge in [-0.25, -0.2) is 0 Å². The van der Waals surface area contributed by atoms with Crippen LogP contribution in [0.15, 0.2) is 71.0 Å². The average Bonchev–Trinajstić information content (AvgIpc) is 2.42. The Hall–Kier alpha value is -1.98. The lowest BCUT2D eigenvalue weighted by Crippen LogP contribution is -1.78. The molecular formula is C15H11NS. The maximum absolute atomic E-state index is 9.13. The quantitative estimate of drug-likeness (QED) is 0.585. The Morgan fingerprint density at radius 1 is 0.941 bits per heavy atom. The van der Waals surface area contributed by atoms with Gasteiger partial charge < -0.3 is 0 Å². The molecule has 0 spiro atoms. The molecule has 0 aromatic heterocycles. The lowest BCUT2D eigenvalue weighted by atomic mass is 10.1. The molecule has 0 aliphatic carbocycles. The van der Waals surface area contributed by atoms with Gasteiger partial charge in [-0.1, -0.05) is 60.3 Å². The smallest absolute Gasteiger partial charge is 0.100 e. The van der Waals surface area contributed by atoms with Crippen molar-refractivity contribution in [2.24, 2.45) is 0 Å². The van der Waals surface area contributed by atoms with Gasteiger partial charge in [0.05, 0.1) is 5.57 Å². The molecule has 2 aromatic rings. The molecule has 0 aliphatic rings. The monoisotopic (exact) mass is 237 g/mol. The minimum absolute atomic E-state index is 0.694. The summed E-state index contributed by atoms with van der Waals surface area (Å²) in [4.78, 5) is 1.14. The lowest BCUT2D eigenvalue weighted by molar-refractivity contribution is 1.47. The molecule has 2 rings (SSSR count). The second-order valence-electron chi connectivity index (χ2n) is 3.44. The van der Waals surface area contributed by atoms with Crippen LogP contribution in [0.1, 0.15) is 5.56 Å². The number of nitrogens with zero attached hydrogens (tertiary/aromatic N) is 1. The molecule has 0 heterocycles. The van der Waals surface area contributed by atoms with E-state index in [0.29, 0.717) is 5.57 Å². The van der Waals surface area contributed by atoms with Crippen LogP contribution in [0.3, 0.4) is 0 Å². The third kappa shape index (κ3) is 3.24. The SMILES string of the molecule is N#C/C(=C/Sc1ccccc1)c1ccccc1. The number of thioether (sulfide) groups is 1. The summed E-state index contributed by atoms with van der Waals surface area (Å²) in [7, 11) is 0. The molecule has 0 saturated carbocycles. The van der Waals surface area contributed by atoms with Crippen LogP contribution in [0.25, 0.3) is 5.57 Å². The number of hydrogen-bond acceptors (Lipinski definition) is 2. The molecular weight excluding hydrogens is 226 g/mol. The summed E-state index contributed by atoms with van der Waals surface area (Å²) in [6.45, 7) is 0. The first-order valence-electron chi connectivity index (χ1n) is 5.27. The maximum Gasteiger partial charge on any atom is 0.100 e. The van der Waals surface area contributed by atoms with Gasteiger partial charge in [0.2, 0.25) is 0 Å². The predicted molar refractivity (Wildman–Crippen MR) is 72.3 cm³/mol. The molecule has 0 N–H and O–H groups in total. The van der Waals surface area contributed by atoms with E-state index in [0.717, 1.165) is 10.5 Å². The molecule has 1 nitrogen and oxygen atoms in total. The van der Waals surface area contributed by atoms with Gasteiger partial charge in [-0.15, -0.1) is 0 Å². The maximum atomic E-state index is 9.13. The largest absolute Gasteiger partial charge is 0.192 e. The Labute approximate surface area is 105 Å². The zero-order valence-electron chi connectivity index (χ0n) is 9.21. The summed E-state index contributed by atoms with van der Waals surface area (Å²) in [5, 5.41) is 11.0. The van der Waals surface area contributed by atoms with E-state index in [1.54, 1.807) is 11.8 Å². The molecule has 2 heteroatoms. The van der Waals surface area contributed by atoms with Crippen molar-refractivity contribution in [3.8, 4) is 6.07 Å². The van der Waals surface area contributed by atoms with Crippen LogP contribution in [0, 0.1) is 11.3 Å². The summed E-state index contributed by atoms with van der Waals surface area (Å²) in [5.74, 6) is 0. The molecule has 0 amide bonds. The molecule has 0 saturated heterocycles. The first kappa shape index (κ1) is 11.5. The Balaban J connectivity index is 2.18. The van der Waals surface area contributed by atoms with Crippen LogP contribution < -0.4 is 0 Å². The normalized spacial score (nSPS) is 10.9. The molecule has 0 aliphatic heterocycles. The topological polar surface area (TPSA) is 23.8 Å². The predicted octanol–water partition coefficient (Wildman–Crippen LogP) is 4.34. The summed E-state index contributed by atoms with van der Waals surface area (Å²) < 4.78 is 0. The molecule has 0 bridgehead atoms. The first-order chi connectivity index (χ1) is 8.40. The van der Waals surface area contributed by atoms with E-state index in [-0.39, 0.29) is 0 Å². The van der Waals surface area contributed by atoms with Crippen LogP contribution in [-0.4, -0.2) is 0 Å². The van der Waals surface area contributed by atoms with Gasteiger partial charge in [0.1, 0.15) is 6.07 Å². The Morgan fingerprint density at radius 2 is 1.53 bits per heavy atom. The highest BCUT2D eigenvalue weighted by Gasteiger charge is 1.99. The number of allylic oxidation sites excluding steroid dienone is 1. The standard InChI is InChI=1S/C15H11NS/c16-11-14(13-7-3-1-4-8-13)12-17-15-9-5-2-6-10-15/h1-10,12H/b14-12-. The van der Waals surface area contributed by atoms with E-state index in [4.69, 9.17) is 5.26 Å². The van der Waals surface area contributed by atoms with E-state index in [9.17, 15) is 0 Å². The molecule has 17 heavy (non-hydrogen) atoms. The minimum atomic E-state index is 0.694. The zero-order valence-corrected chi connectivity index (χ0v) is 10.0. The molecule has 2 aromatic carbocycles. The average molecular weight is 237 g/mol. The van der Waals surface area contributed by atoms with Crippen molar-refractivity contribution in [2.45, 2.75) is 4.90 Å². The second kappa shape index (κ2) is 5.93. The van der Waals surface area contributed by atoms with E-state index in [1.807, 2.05) is 66.1 Å². The van der Waals surface area contributed by atoms with Gasteiger partial charge in [-0.3, -0.25) is 0 Å². The Bertz CT molecular complexity index is 538. The highest BCUT2D eigenvalue weighted by Crippen LogP contribution is 2.23. The van der Waals surface area contributed by atoms with E-state index < -0.39 is 0 Å². The van der Waals surface area contributed by atoms with E-state index in [1.165, 1.54) is 0 Å². The lowest BCUT2D eigenvalue weighted by Gasteiger charge is -1.99. The van der Waals surface area contributed by atoms with Gasteiger partial charge in [0.15, 0.2) is 0 Å². The summed E-state index contributed by atoms with van der Waals surface area (Å²) in [6.07, 6.45) is 0. The van der Waals surface area contributed by atoms with Gasteiger partial charge >= 0.3 is 0 Å². The van der Waals surface area contributed by atoms with Crippen molar-refractivity contribution in [1.29, 1.82) is 5.26 Å². The molecule has 0 atom stereocenters. The number of hydrogen-bond donors (Lipinski definition) is 0. The minimum Gasteiger partial charge on any atom is -0.192 e. The van der Waals surface area contributed by atoms with E-state index >= 15 is 0 Å². The highest BCUT2D eigenvalue weighted by molar-refractivity contribution is 8.02. The van der Waals surface area contributed by atoms with Gasteiger partial charge in [0, 0.05) is 4.90 Å². The van der Waals surface area contributed by atoms with Crippen molar-refractivity contribution >= 4 is 17.3 Å². The highest BCUT2D eigenvalue weighted by atomic mass is 32.2. The molecule has 0 radical (unpaired) electrons. The van der Waals surface area contributed by atoms with E-state index in [2.05, 4.69) is 6.07 Å². The molecule has 0 fully saturated rings. The van der Waals surface area contributed by atoms with Gasteiger partial charge in [-0.2, -0.15) is 5.26 Å². The van der Waals surface area contributed by atoms with Crippen LogP contribution in [0.2, 0.25) is 0 Å². The summed E-state index contributed by atoms with van der Waals surface area (Å²) >= 11 is 1.56. The van der Waals surface area contributed by atoms with Gasteiger partial charge in [-0.05, 0) is 23.1 Å². The third-order valence-corrected chi connectivity index (χ3v) is 3.16. The number of nitriles is 1. The van der Waals surface area contributed by atoms with Crippen molar-refractivity contribution in [1.82, 2.24) is 0 Å². The Morgan fingerprint density at radius 3 is 2.12 bits per heavy atom. The molecule has 82 valence electrons. The van der Waals surface area contributed by atoms with Crippen molar-refractivity contribution in [3.05, 3.63) is 71.6 Å². The van der Waals surface area contributed by atoms with Crippen molar-refractivity contribution in [2.75, 3.05) is 0 Å². The zero-order chi connectivity index (χ0) is 11.9. The van der Waals surface area contributed by atoms with Crippen LogP contribution >= 0.6 is 11.8 Å². The second-order valence-corrected chi connectivity index (χ2v) is 4.38. The van der Waals surface area contributed by atoms with Crippen LogP contribution in [0.5, 0.6) is 0 Å². The Kier molecular flexibility index (Phi) is 4.01. The van der Waals surface area contributed by atoms with Crippen molar-refractivity contribution < 1.29 is 0 Å². The van der Waals surface area contributed by atoms with Crippen LogP contribution in [-0.2, 0) is 0 Å².